The van der Waals surface area contributed by atoms with Crippen molar-refractivity contribution in [1.29, 1.82) is 5.26 Å². The Hall–Kier alpha value is -3.28. The van der Waals surface area contributed by atoms with Gasteiger partial charge in [0.2, 0.25) is 0 Å². The molecule has 136 valence electrons. The van der Waals surface area contributed by atoms with Gasteiger partial charge in [0, 0.05) is 12.7 Å². The van der Waals surface area contributed by atoms with Crippen molar-refractivity contribution in [3.8, 4) is 6.07 Å². The van der Waals surface area contributed by atoms with Crippen LogP contribution in [0.15, 0.2) is 46.8 Å². The Kier molecular flexibility index (Phi) is 4.80. The molecule has 1 heterocycles. The number of hydrogen-bond donors (Lipinski definition) is 2. The second kappa shape index (κ2) is 6.55. The largest absolute Gasteiger partial charge is 0.478 e. The molecule has 1 aromatic carbocycles. The predicted octanol–water partition coefficient (Wildman–Crippen LogP) is 2.96. The summed E-state index contributed by atoms with van der Waals surface area (Å²) in [6, 6.07) is 5.26. The summed E-state index contributed by atoms with van der Waals surface area (Å²) in [5.74, 6) is -4.32. The van der Waals surface area contributed by atoms with Gasteiger partial charge in [0.1, 0.15) is 11.8 Å². The second-order valence-electron chi connectivity index (χ2n) is 5.60. The van der Waals surface area contributed by atoms with Crippen LogP contribution in [0, 0.1) is 11.3 Å². The zero-order valence-electron chi connectivity index (χ0n) is 13.6. The molecule has 2 N–H and O–H groups in total. The van der Waals surface area contributed by atoms with E-state index in [0.29, 0.717) is 0 Å². The van der Waals surface area contributed by atoms with Crippen molar-refractivity contribution >= 4 is 11.9 Å². The van der Waals surface area contributed by atoms with Crippen LogP contribution < -0.4 is 0 Å². The van der Waals surface area contributed by atoms with Gasteiger partial charge in [-0.25, -0.2) is 9.59 Å². The number of halogens is 3. The Bertz CT molecular complexity index is 877. The first-order valence-corrected chi connectivity index (χ1v) is 7.23. The fraction of sp³-hybridized carbons (Fsp3) is 0.235. The zero-order chi connectivity index (χ0) is 19.8. The van der Waals surface area contributed by atoms with Crippen molar-refractivity contribution in [1.82, 2.24) is 4.90 Å². The van der Waals surface area contributed by atoms with E-state index in [0.717, 1.165) is 29.2 Å². The summed E-state index contributed by atoms with van der Waals surface area (Å²) in [5.41, 5.74) is -1.88. The fourth-order valence-electron chi connectivity index (χ4n) is 2.86. The van der Waals surface area contributed by atoms with Crippen molar-refractivity contribution in [3.05, 3.63) is 57.9 Å². The van der Waals surface area contributed by atoms with Gasteiger partial charge in [-0.15, -0.1) is 0 Å². The number of nitrogens with zero attached hydrogens (tertiary/aromatic N) is 2. The van der Waals surface area contributed by atoms with Crippen LogP contribution in [0.2, 0.25) is 0 Å². The smallest absolute Gasteiger partial charge is 0.416 e. The molecule has 0 radical (unpaired) electrons. The minimum Gasteiger partial charge on any atom is -0.478 e. The second-order valence-corrected chi connectivity index (χ2v) is 5.60. The molecule has 0 saturated carbocycles. The topological polar surface area (TPSA) is 102 Å². The molecule has 2 rings (SSSR count). The molecule has 1 unspecified atom stereocenters. The highest BCUT2D eigenvalue weighted by molar-refractivity contribution is 5.99. The van der Waals surface area contributed by atoms with Gasteiger partial charge < -0.3 is 15.1 Å². The average molecular weight is 366 g/mol. The van der Waals surface area contributed by atoms with Gasteiger partial charge in [0.15, 0.2) is 0 Å². The standard InChI is InChI=1S/C17H13F3N2O4/c1-8-12(15(23)24)13(14(16(25)26)11(7-21)22(8)2)9-3-5-10(6-4-9)17(18,19)20/h3-6,13H,1-2H3,(H,23,24)(H,25,26). The molecule has 0 amide bonds. The lowest BCUT2D eigenvalue weighted by molar-refractivity contribution is -0.138. The van der Waals surface area contributed by atoms with E-state index in [2.05, 4.69) is 0 Å². The Morgan fingerprint density at radius 3 is 2.00 bits per heavy atom. The number of aliphatic carboxylic acids is 2. The van der Waals surface area contributed by atoms with Crippen LogP contribution in [0.3, 0.4) is 0 Å². The van der Waals surface area contributed by atoms with Crippen molar-refractivity contribution < 1.29 is 33.0 Å². The maximum absolute atomic E-state index is 12.7. The first kappa shape index (κ1) is 19.1. The summed E-state index contributed by atoms with van der Waals surface area (Å²) in [7, 11) is 1.35. The molecule has 1 aromatic rings. The minimum atomic E-state index is -4.59. The number of benzene rings is 1. The van der Waals surface area contributed by atoms with E-state index in [4.69, 9.17) is 0 Å². The van der Waals surface area contributed by atoms with Gasteiger partial charge in [-0.05, 0) is 24.6 Å². The van der Waals surface area contributed by atoms with Crippen LogP contribution in [0.5, 0.6) is 0 Å². The summed E-state index contributed by atoms with van der Waals surface area (Å²) in [4.78, 5) is 24.6. The highest BCUT2D eigenvalue weighted by Gasteiger charge is 2.40. The molecule has 0 aliphatic carbocycles. The third-order valence-corrected chi connectivity index (χ3v) is 4.20. The number of rotatable bonds is 3. The van der Waals surface area contributed by atoms with Gasteiger partial charge >= 0.3 is 18.1 Å². The lowest BCUT2D eigenvalue weighted by Crippen LogP contribution is -2.32. The van der Waals surface area contributed by atoms with Crippen molar-refractivity contribution in [2.24, 2.45) is 0 Å². The third kappa shape index (κ3) is 3.13. The predicted molar refractivity (Wildman–Crippen MR) is 82.6 cm³/mol. The monoisotopic (exact) mass is 366 g/mol. The van der Waals surface area contributed by atoms with Crippen LogP contribution in [0.1, 0.15) is 24.0 Å². The quantitative estimate of drug-likeness (QED) is 0.853. The van der Waals surface area contributed by atoms with Crippen molar-refractivity contribution in [2.75, 3.05) is 7.05 Å². The molecular weight excluding hydrogens is 353 g/mol. The van der Waals surface area contributed by atoms with Crippen molar-refractivity contribution in [3.63, 3.8) is 0 Å². The molecule has 26 heavy (non-hydrogen) atoms. The molecule has 9 heteroatoms. The SMILES string of the molecule is CC1=C(C(=O)O)C(c2ccc(C(F)(F)F)cc2)C(C(=O)O)=C(C#N)N1C. The van der Waals surface area contributed by atoms with Gasteiger partial charge in [0.05, 0.1) is 22.6 Å². The zero-order valence-corrected chi connectivity index (χ0v) is 13.6. The van der Waals surface area contributed by atoms with Gasteiger partial charge in [-0.2, -0.15) is 18.4 Å². The highest BCUT2D eigenvalue weighted by Crippen LogP contribution is 2.42. The summed E-state index contributed by atoms with van der Waals surface area (Å²) in [5, 5.41) is 28.4. The van der Waals surface area contributed by atoms with E-state index < -0.39 is 35.2 Å². The molecule has 1 aliphatic rings. The lowest BCUT2D eigenvalue weighted by Gasteiger charge is -2.33. The van der Waals surface area contributed by atoms with Crippen LogP contribution in [-0.2, 0) is 15.8 Å². The summed E-state index contributed by atoms with van der Waals surface area (Å²) >= 11 is 0. The van der Waals surface area contributed by atoms with E-state index in [-0.39, 0.29) is 22.5 Å². The molecule has 6 nitrogen and oxygen atoms in total. The van der Waals surface area contributed by atoms with Crippen LogP contribution in [0.4, 0.5) is 13.2 Å². The van der Waals surface area contributed by atoms with E-state index in [9.17, 15) is 38.2 Å². The number of nitriles is 1. The molecule has 0 spiro atoms. The van der Waals surface area contributed by atoms with E-state index >= 15 is 0 Å². The van der Waals surface area contributed by atoms with Crippen molar-refractivity contribution in [2.45, 2.75) is 19.0 Å². The van der Waals surface area contributed by atoms with Gasteiger partial charge in [-0.3, -0.25) is 0 Å². The van der Waals surface area contributed by atoms with Crippen LogP contribution >= 0.6 is 0 Å². The molecule has 0 fully saturated rings. The van der Waals surface area contributed by atoms with E-state index in [1.165, 1.54) is 14.0 Å². The Labute approximate surface area is 146 Å². The minimum absolute atomic E-state index is 0.0352. The van der Waals surface area contributed by atoms with Crippen LogP contribution in [0.25, 0.3) is 0 Å². The number of carboxylic acid groups (broad SMARTS) is 2. The third-order valence-electron chi connectivity index (χ3n) is 4.20. The molecule has 0 saturated heterocycles. The molecular formula is C17H13F3N2O4. The maximum atomic E-state index is 12.7. The molecule has 0 bridgehead atoms. The Morgan fingerprint density at radius 1 is 1.12 bits per heavy atom. The van der Waals surface area contributed by atoms with E-state index in [1.54, 1.807) is 6.07 Å². The highest BCUT2D eigenvalue weighted by atomic mass is 19.4. The van der Waals surface area contributed by atoms with Gasteiger partial charge in [0.25, 0.3) is 0 Å². The number of carbonyl (C=O) groups is 2. The summed E-state index contributed by atoms with van der Waals surface area (Å²) in [6.45, 7) is 1.40. The lowest BCUT2D eigenvalue weighted by atomic mass is 9.79. The first-order valence-electron chi connectivity index (χ1n) is 7.23. The maximum Gasteiger partial charge on any atom is 0.416 e. The number of alkyl halides is 3. The molecule has 0 aromatic heterocycles. The first-order chi connectivity index (χ1) is 12.0. The molecule has 1 aliphatic heterocycles. The number of carboxylic acids is 2. The van der Waals surface area contributed by atoms with Crippen LogP contribution in [-0.4, -0.2) is 34.1 Å². The number of hydrogen-bond acceptors (Lipinski definition) is 4. The average Bonchev–Trinajstić information content (AvgIpc) is 2.55. The Balaban J connectivity index is 2.74. The summed E-state index contributed by atoms with van der Waals surface area (Å²) in [6.07, 6.45) is -4.59. The van der Waals surface area contributed by atoms with E-state index in [1.807, 2.05) is 0 Å². The Morgan fingerprint density at radius 2 is 1.62 bits per heavy atom. The normalized spacial score (nSPS) is 18.0. The fourth-order valence-corrected chi connectivity index (χ4v) is 2.86. The number of allylic oxidation sites excluding steroid dienone is 2. The molecule has 1 atom stereocenters. The van der Waals surface area contributed by atoms with Gasteiger partial charge in [-0.1, -0.05) is 12.1 Å². The summed E-state index contributed by atoms with van der Waals surface area (Å²) < 4.78 is 38.2.